The van der Waals surface area contributed by atoms with Crippen molar-refractivity contribution in [2.45, 2.75) is 26.3 Å². The van der Waals surface area contributed by atoms with Gasteiger partial charge in [0.2, 0.25) is 0 Å². The molecule has 0 atom stereocenters. The Hall–Kier alpha value is -1.65. The standard InChI is InChI=1S/C15H17N3S/c1-2-3-11-4-6-12(7-5-11)14-13(10-16)19-15-17-8-9-18(14)15/h4-9H,2-3,10,16H2,1H3. The van der Waals surface area contributed by atoms with Gasteiger partial charge in [0.15, 0.2) is 4.96 Å². The number of aryl methyl sites for hydroxylation is 1. The van der Waals surface area contributed by atoms with Crippen molar-refractivity contribution in [1.82, 2.24) is 9.38 Å². The molecule has 0 radical (unpaired) electrons. The highest BCUT2D eigenvalue weighted by atomic mass is 32.1. The second-order valence-corrected chi connectivity index (χ2v) is 5.67. The van der Waals surface area contributed by atoms with E-state index in [9.17, 15) is 0 Å². The van der Waals surface area contributed by atoms with Gasteiger partial charge in [0, 0.05) is 23.8 Å². The number of imidazole rings is 1. The molecule has 98 valence electrons. The largest absolute Gasteiger partial charge is 0.326 e. The Morgan fingerprint density at radius 2 is 2.05 bits per heavy atom. The number of hydrogen-bond acceptors (Lipinski definition) is 3. The smallest absolute Gasteiger partial charge is 0.194 e. The van der Waals surface area contributed by atoms with Gasteiger partial charge in [0.25, 0.3) is 0 Å². The quantitative estimate of drug-likeness (QED) is 0.789. The Kier molecular flexibility index (Phi) is 3.36. The fourth-order valence-corrected chi connectivity index (χ4v) is 3.37. The molecule has 0 bridgehead atoms. The van der Waals surface area contributed by atoms with Crippen LogP contribution in [0.3, 0.4) is 0 Å². The van der Waals surface area contributed by atoms with Crippen molar-refractivity contribution in [1.29, 1.82) is 0 Å². The molecule has 1 aromatic carbocycles. The molecule has 3 nitrogen and oxygen atoms in total. The Labute approximate surface area is 116 Å². The highest BCUT2D eigenvalue weighted by Gasteiger charge is 2.13. The highest BCUT2D eigenvalue weighted by Crippen LogP contribution is 2.31. The van der Waals surface area contributed by atoms with Gasteiger partial charge in [-0.25, -0.2) is 4.98 Å². The molecule has 0 fully saturated rings. The molecule has 0 saturated heterocycles. The predicted molar refractivity (Wildman–Crippen MR) is 80.4 cm³/mol. The topological polar surface area (TPSA) is 43.3 Å². The Balaban J connectivity index is 2.09. The van der Waals surface area contributed by atoms with E-state index in [1.54, 1.807) is 11.3 Å². The lowest BCUT2D eigenvalue weighted by molar-refractivity contribution is 0.922. The van der Waals surface area contributed by atoms with Gasteiger partial charge in [-0.15, -0.1) is 0 Å². The van der Waals surface area contributed by atoms with E-state index in [1.807, 2.05) is 12.4 Å². The molecule has 0 aliphatic heterocycles. The third-order valence-electron chi connectivity index (χ3n) is 3.28. The van der Waals surface area contributed by atoms with Gasteiger partial charge >= 0.3 is 0 Å². The number of benzene rings is 1. The molecule has 0 unspecified atom stereocenters. The number of nitrogens with two attached hydrogens (primary N) is 1. The van der Waals surface area contributed by atoms with E-state index in [4.69, 9.17) is 5.73 Å². The Morgan fingerprint density at radius 1 is 1.26 bits per heavy atom. The third kappa shape index (κ3) is 2.17. The summed E-state index contributed by atoms with van der Waals surface area (Å²) in [4.78, 5) is 6.54. The average molecular weight is 271 g/mol. The van der Waals surface area contributed by atoms with Gasteiger partial charge in [0.05, 0.1) is 5.69 Å². The first-order valence-electron chi connectivity index (χ1n) is 6.57. The molecule has 2 aromatic heterocycles. The summed E-state index contributed by atoms with van der Waals surface area (Å²) in [6.07, 6.45) is 6.15. The van der Waals surface area contributed by atoms with Crippen LogP contribution in [0.25, 0.3) is 16.2 Å². The van der Waals surface area contributed by atoms with Crippen LogP contribution in [-0.2, 0) is 13.0 Å². The van der Waals surface area contributed by atoms with Crippen LogP contribution in [-0.4, -0.2) is 9.38 Å². The van der Waals surface area contributed by atoms with E-state index in [-0.39, 0.29) is 0 Å². The average Bonchev–Trinajstić information content (AvgIpc) is 3.00. The van der Waals surface area contributed by atoms with Gasteiger partial charge < -0.3 is 5.73 Å². The summed E-state index contributed by atoms with van der Waals surface area (Å²) in [6, 6.07) is 8.79. The van der Waals surface area contributed by atoms with Gasteiger partial charge in [-0.1, -0.05) is 48.9 Å². The molecule has 0 aliphatic rings. The first kappa shape index (κ1) is 12.4. The van der Waals surface area contributed by atoms with Gasteiger partial charge in [-0.2, -0.15) is 0 Å². The lowest BCUT2D eigenvalue weighted by Gasteiger charge is -2.05. The summed E-state index contributed by atoms with van der Waals surface area (Å²) >= 11 is 1.67. The minimum Gasteiger partial charge on any atom is -0.326 e. The number of aromatic nitrogens is 2. The summed E-state index contributed by atoms with van der Waals surface area (Å²) in [5, 5.41) is 0. The zero-order valence-electron chi connectivity index (χ0n) is 11.0. The van der Waals surface area contributed by atoms with E-state index in [2.05, 4.69) is 40.6 Å². The van der Waals surface area contributed by atoms with Crippen molar-refractivity contribution in [2.24, 2.45) is 5.73 Å². The van der Waals surface area contributed by atoms with Gasteiger partial charge in [-0.05, 0) is 17.5 Å². The molecule has 19 heavy (non-hydrogen) atoms. The third-order valence-corrected chi connectivity index (χ3v) is 4.37. The summed E-state index contributed by atoms with van der Waals surface area (Å²) < 4.78 is 2.13. The Morgan fingerprint density at radius 3 is 2.74 bits per heavy atom. The number of rotatable bonds is 4. The van der Waals surface area contributed by atoms with Crippen LogP contribution >= 0.6 is 11.3 Å². The number of nitrogens with zero attached hydrogens (tertiary/aromatic N) is 2. The summed E-state index contributed by atoms with van der Waals surface area (Å²) in [6.45, 7) is 2.76. The number of thiazole rings is 1. The van der Waals surface area contributed by atoms with Crippen molar-refractivity contribution in [3.63, 3.8) is 0 Å². The van der Waals surface area contributed by atoms with E-state index in [0.717, 1.165) is 11.4 Å². The predicted octanol–water partition coefficient (Wildman–Crippen LogP) is 3.47. The molecular weight excluding hydrogens is 254 g/mol. The summed E-state index contributed by atoms with van der Waals surface area (Å²) in [5.74, 6) is 0. The molecule has 0 amide bonds. The fourth-order valence-electron chi connectivity index (χ4n) is 2.38. The van der Waals surface area contributed by atoms with Gasteiger partial charge in [0.1, 0.15) is 0 Å². The van der Waals surface area contributed by atoms with Crippen LogP contribution in [0.2, 0.25) is 0 Å². The molecule has 2 N–H and O–H groups in total. The van der Waals surface area contributed by atoms with Crippen LogP contribution in [0.15, 0.2) is 36.7 Å². The monoisotopic (exact) mass is 271 g/mol. The molecule has 3 aromatic rings. The van der Waals surface area contributed by atoms with Crippen molar-refractivity contribution >= 4 is 16.3 Å². The number of fused-ring (bicyclic) bond motifs is 1. The zero-order valence-corrected chi connectivity index (χ0v) is 11.8. The summed E-state index contributed by atoms with van der Waals surface area (Å²) in [7, 11) is 0. The molecule has 3 rings (SSSR count). The second-order valence-electron chi connectivity index (χ2n) is 4.60. The van der Waals surface area contributed by atoms with E-state index < -0.39 is 0 Å². The zero-order chi connectivity index (χ0) is 13.2. The van der Waals surface area contributed by atoms with Crippen molar-refractivity contribution in [3.05, 3.63) is 47.1 Å². The van der Waals surface area contributed by atoms with Crippen molar-refractivity contribution < 1.29 is 0 Å². The lowest BCUT2D eigenvalue weighted by atomic mass is 10.1. The molecular formula is C15H17N3S. The van der Waals surface area contributed by atoms with E-state index in [1.165, 1.54) is 28.1 Å². The highest BCUT2D eigenvalue weighted by molar-refractivity contribution is 7.17. The normalized spacial score (nSPS) is 11.3. The molecule has 0 aliphatic carbocycles. The maximum Gasteiger partial charge on any atom is 0.194 e. The molecule has 0 saturated carbocycles. The lowest BCUT2D eigenvalue weighted by Crippen LogP contribution is -1.97. The molecule has 2 heterocycles. The fraction of sp³-hybridized carbons (Fsp3) is 0.267. The van der Waals surface area contributed by atoms with E-state index >= 15 is 0 Å². The van der Waals surface area contributed by atoms with Crippen molar-refractivity contribution in [3.8, 4) is 11.3 Å². The minimum absolute atomic E-state index is 0.556. The molecule has 4 heteroatoms. The first-order chi connectivity index (χ1) is 9.33. The van der Waals surface area contributed by atoms with Crippen LogP contribution in [0.1, 0.15) is 23.8 Å². The minimum atomic E-state index is 0.556. The van der Waals surface area contributed by atoms with E-state index in [0.29, 0.717) is 6.54 Å². The summed E-state index contributed by atoms with van der Waals surface area (Å²) in [5.41, 5.74) is 9.64. The number of hydrogen-bond donors (Lipinski definition) is 1. The second kappa shape index (κ2) is 5.15. The maximum atomic E-state index is 5.86. The first-order valence-corrected chi connectivity index (χ1v) is 7.39. The van der Waals surface area contributed by atoms with Crippen molar-refractivity contribution in [2.75, 3.05) is 0 Å². The molecule has 0 spiro atoms. The van der Waals surface area contributed by atoms with Gasteiger partial charge in [-0.3, -0.25) is 4.40 Å². The van der Waals surface area contributed by atoms with Crippen LogP contribution in [0, 0.1) is 0 Å². The Bertz CT molecular complexity index is 679. The SMILES string of the molecule is CCCc1ccc(-c2c(CN)sc3nccn23)cc1. The van der Waals surface area contributed by atoms with Crippen LogP contribution < -0.4 is 5.73 Å². The van der Waals surface area contributed by atoms with Crippen LogP contribution in [0.5, 0.6) is 0 Å². The maximum absolute atomic E-state index is 5.86. The van der Waals surface area contributed by atoms with Crippen LogP contribution in [0.4, 0.5) is 0 Å².